The summed E-state index contributed by atoms with van der Waals surface area (Å²) in [5.41, 5.74) is -0.499. The van der Waals surface area contributed by atoms with Crippen molar-refractivity contribution in [3.8, 4) is 0 Å². The molecule has 2 rings (SSSR count). The van der Waals surface area contributed by atoms with E-state index in [1.807, 2.05) is 0 Å². The smallest absolute Gasteiger partial charge is 0.255 e. The molecule has 25 heavy (non-hydrogen) atoms. The zero-order valence-corrected chi connectivity index (χ0v) is 15.1. The van der Waals surface area contributed by atoms with Crippen LogP contribution in [-0.2, 0) is 11.4 Å². The van der Waals surface area contributed by atoms with Gasteiger partial charge >= 0.3 is 0 Å². The van der Waals surface area contributed by atoms with Gasteiger partial charge in [-0.05, 0) is 44.2 Å². The number of anilines is 2. The fourth-order valence-electron chi connectivity index (χ4n) is 1.88. The van der Waals surface area contributed by atoms with E-state index in [1.54, 1.807) is 0 Å². The topological polar surface area (TPSA) is 97.3 Å². The van der Waals surface area contributed by atoms with Crippen LogP contribution in [0.1, 0.15) is 24.2 Å². The number of carbonyl (C=O) groups excluding carboxylic acids is 1. The highest BCUT2D eigenvalue weighted by atomic mass is 35.5. The van der Waals surface area contributed by atoms with E-state index in [4.69, 9.17) is 11.6 Å². The van der Waals surface area contributed by atoms with Crippen molar-refractivity contribution in [3.63, 3.8) is 0 Å². The van der Waals surface area contributed by atoms with Gasteiger partial charge in [-0.3, -0.25) is 4.79 Å². The number of halogens is 2. The van der Waals surface area contributed by atoms with Crippen LogP contribution in [0, 0.1) is 5.82 Å². The summed E-state index contributed by atoms with van der Waals surface area (Å²) >= 11 is 4.12. The van der Waals surface area contributed by atoms with Gasteiger partial charge in [0.1, 0.15) is 11.4 Å². The van der Waals surface area contributed by atoms with Crippen LogP contribution in [0.15, 0.2) is 36.5 Å². The van der Waals surface area contributed by atoms with Crippen molar-refractivity contribution in [2.24, 2.45) is 0 Å². The van der Waals surface area contributed by atoms with Crippen molar-refractivity contribution in [1.29, 1.82) is 0 Å². The van der Waals surface area contributed by atoms with Gasteiger partial charge in [0.2, 0.25) is 0 Å². The summed E-state index contributed by atoms with van der Waals surface area (Å²) in [5.74, 6) is -0.808. The Morgan fingerprint density at radius 2 is 2.12 bits per heavy atom. The van der Waals surface area contributed by atoms with Crippen molar-refractivity contribution in [2.45, 2.75) is 19.4 Å². The molecule has 1 unspecified atom stereocenters. The fraction of sp³-hybridized carbons (Fsp3) is 0.250. The zero-order valence-electron chi connectivity index (χ0n) is 13.5. The first-order chi connectivity index (χ1) is 11.6. The molecule has 1 heterocycles. The van der Waals surface area contributed by atoms with Gasteiger partial charge < -0.3 is 15.0 Å². The van der Waals surface area contributed by atoms with Gasteiger partial charge in [0, 0.05) is 17.4 Å². The monoisotopic (exact) mass is 385 g/mol. The molecule has 6 nitrogen and oxygen atoms in total. The number of carbonyl (C=O) groups is 1. The molecule has 0 aliphatic carbocycles. The highest BCUT2D eigenvalue weighted by Crippen LogP contribution is 2.20. The van der Waals surface area contributed by atoms with Gasteiger partial charge in [0.25, 0.3) is 5.91 Å². The first-order valence-electron chi connectivity index (χ1n) is 7.24. The highest BCUT2D eigenvalue weighted by Gasteiger charge is 2.22. The Morgan fingerprint density at radius 3 is 2.76 bits per heavy atom. The van der Waals surface area contributed by atoms with Crippen LogP contribution >= 0.6 is 11.6 Å². The lowest BCUT2D eigenvalue weighted by molar-refractivity contribution is 0.102. The first kappa shape index (κ1) is 19.5. The lowest BCUT2D eigenvalue weighted by Gasteiger charge is -2.19. The highest BCUT2D eigenvalue weighted by molar-refractivity contribution is 7.92. The average molecular weight is 386 g/mol. The second-order valence-corrected chi connectivity index (χ2v) is 7.51. The second kappa shape index (κ2) is 8.01. The van der Waals surface area contributed by atoms with Gasteiger partial charge in [0.05, 0.1) is 16.4 Å². The lowest BCUT2D eigenvalue weighted by atomic mass is 10.2. The van der Waals surface area contributed by atoms with E-state index in [9.17, 15) is 18.8 Å². The van der Waals surface area contributed by atoms with E-state index in [2.05, 4.69) is 15.0 Å². The number of nitrogens with zero attached hydrogens (tertiary/aromatic N) is 1. The molecule has 1 amide bonds. The second-order valence-electron chi connectivity index (χ2n) is 5.92. The maximum atomic E-state index is 13.1. The molecule has 0 spiro atoms. The third-order valence-electron chi connectivity index (χ3n) is 2.90. The van der Waals surface area contributed by atoms with E-state index in [0.29, 0.717) is 5.69 Å². The van der Waals surface area contributed by atoms with Gasteiger partial charge in [-0.15, -0.1) is 0 Å². The zero-order chi connectivity index (χ0) is 18.6. The number of nitrogens with one attached hydrogen (secondary N) is 2. The molecule has 1 atom stereocenters. The molecule has 0 aliphatic heterocycles. The molecule has 0 saturated heterocycles. The van der Waals surface area contributed by atoms with E-state index in [1.165, 1.54) is 44.3 Å². The number of hydrogen-bond acceptors (Lipinski definition) is 5. The molecule has 0 fully saturated rings. The molecular formula is C16H17ClFN3O3S. The Kier molecular flexibility index (Phi) is 6.23. The Morgan fingerprint density at radius 1 is 1.40 bits per heavy atom. The van der Waals surface area contributed by atoms with Crippen LogP contribution in [0.4, 0.5) is 15.9 Å². The van der Waals surface area contributed by atoms with Crippen molar-refractivity contribution < 1.29 is 18.8 Å². The molecule has 2 aromatic rings. The van der Waals surface area contributed by atoms with E-state index < -0.39 is 28.7 Å². The standard InChI is InChI=1S/C16H17ClFN3O3S/c1-16(2,23)9-25(24)21-14-7-10(5-6-19-14)15(22)20-11-3-4-13(18)12(17)8-11/h3-8,23H,9H2,1-2H3,(H,19,21)(H,20,22). The summed E-state index contributed by atoms with van der Waals surface area (Å²) in [6.07, 6.45) is 1.39. The Hall–Kier alpha value is -1.87. The van der Waals surface area contributed by atoms with E-state index in [-0.39, 0.29) is 22.2 Å². The minimum atomic E-state index is -1.56. The Labute approximate surface area is 152 Å². The maximum absolute atomic E-state index is 13.1. The molecule has 9 heteroatoms. The predicted molar refractivity (Wildman–Crippen MR) is 96.5 cm³/mol. The number of hydrogen-bond donors (Lipinski definition) is 3. The van der Waals surface area contributed by atoms with Crippen LogP contribution < -0.4 is 10.0 Å². The van der Waals surface area contributed by atoms with E-state index >= 15 is 0 Å². The van der Waals surface area contributed by atoms with Crippen LogP contribution in [0.2, 0.25) is 5.02 Å². The minimum Gasteiger partial charge on any atom is -0.593 e. The van der Waals surface area contributed by atoms with Gasteiger partial charge in [-0.25, -0.2) is 9.37 Å². The Bertz CT molecular complexity index is 771. The molecule has 0 saturated carbocycles. The Balaban J connectivity index is 2.06. The molecule has 0 bridgehead atoms. The summed E-state index contributed by atoms with van der Waals surface area (Å²) in [6.45, 7) is 3.08. The normalized spacial score (nSPS) is 12.6. The number of aromatic nitrogens is 1. The third-order valence-corrected chi connectivity index (χ3v) is 4.60. The van der Waals surface area contributed by atoms with Gasteiger partial charge in [-0.2, -0.15) is 4.72 Å². The molecule has 1 aromatic carbocycles. The van der Waals surface area contributed by atoms with Crippen molar-refractivity contribution in [1.82, 2.24) is 4.98 Å². The molecule has 134 valence electrons. The van der Waals surface area contributed by atoms with Crippen molar-refractivity contribution in [2.75, 3.05) is 15.8 Å². The lowest BCUT2D eigenvalue weighted by Crippen LogP contribution is -2.33. The molecule has 3 N–H and O–H groups in total. The van der Waals surface area contributed by atoms with Crippen molar-refractivity contribution >= 4 is 40.4 Å². The van der Waals surface area contributed by atoms with E-state index in [0.717, 1.165) is 6.07 Å². The first-order valence-corrected chi connectivity index (χ1v) is 8.93. The predicted octanol–water partition coefficient (Wildman–Crippen LogP) is 2.97. The maximum Gasteiger partial charge on any atom is 0.255 e. The largest absolute Gasteiger partial charge is 0.593 e. The summed E-state index contributed by atoms with van der Waals surface area (Å²) < 4.78 is 27.7. The molecule has 0 radical (unpaired) electrons. The number of benzene rings is 1. The van der Waals surface area contributed by atoms with Crippen LogP contribution in [0.3, 0.4) is 0 Å². The average Bonchev–Trinajstić information content (AvgIpc) is 2.49. The fourth-order valence-corrected chi connectivity index (χ4v) is 3.12. The van der Waals surface area contributed by atoms with Gasteiger partial charge in [0.15, 0.2) is 11.6 Å². The summed E-state index contributed by atoms with van der Waals surface area (Å²) in [4.78, 5) is 16.2. The van der Waals surface area contributed by atoms with Gasteiger partial charge in [-0.1, -0.05) is 11.6 Å². The molecule has 1 aromatic heterocycles. The number of rotatable bonds is 6. The minimum absolute atomic E-state index is 0.000811. The summed E-state index contributed by atoms with van der Waals surface area (Å²) in [6, 6.07) is 6.73. The SMILES string of the molecule is CC(C)(O)C[S+]([O-])Nc1cc(C(=O)Nc2ccc(F)c(Cl)c2)ccn1. The number of pyridine rings is 1. The summed E-state index contributed by atoms with van der Waals surface area (Å²) in [7, 11) is 0. The van der Waals surface area contributed by atoms with Crippen LogP contribution in [0.5, 0.6) is 0 Å². The summed E-state index contributed by atoms with van der Waals surface area (Å²) in [5, 5.41) is 12.1. The quantitative estimate of drug-likeness (QED) is 0.664. The molecular weight excluding hydrogens is 369 g/mol. The van der Waals surface area contributed by atoms with Crippen molar-refractivity contribution in [3.05, 3.63) is 52.9 Å². The molecule has 0 aliphatic rings. The van der Waals surface area contributed by atoms with Crippen LogP contribution in [0.25, 0.3) is 0 Å². The number of aliphatic hydroxyl groups is 1. The third kappa shape index (κ3) is 6.17. The number of amides is 1. The van der Waals surface area contributed by atoms with Crippen LogP contribution in [-0.4, -0.2) is 31.9 Å².